The second-order valence-corrected chi connectivity index (χ2v) is 6.24. The summed E-state index contributed by atoms with van der Waals surface area (Å²) in [6.45, 7) is 3.56. The first-order valence-electron chi connectivity index (χ1n) is 9.38. The fourth-order valence-electron chi connectivity index (χ4n) is 2.36. The zero-order valence-corrected chi connectivity index (χ0v) is 15.2. The summed E-state index contributed by atoms with van der Waals surface area (Å²) in [5.41, 5.74) is 5.05. The van der Waals surface area contributed by atoms with Crippen LogP contribution in [0, 0.1) is 0 Å². The van der Waals surface area contributed by atoms with E-state index in [0.29, 0.717) is 25.8 Å². The summed E-state index contributed by atoms with van der Waals surface area (Å²) in [4.78, 5) is 33.8. The van der Waals surface area contributed by atoms with Gasteiger partial charge in [-0.05, 0) is 32.1 Å². The topological polar surface area (TPSA) is 101 Å². The molecule has 0 heterocycles. The van der Waals surface area contributed by atoms with Crippen molar-refractivity contribution < 1.29 is 14.4 Å². The molecular formula is C18H35N3O3. The fraction of sp³-hybridized carbons (Fsp3) is 0.833. The molecule has 0 unspecified atom stereocenters. The van der Waals surface area contributed by atoms with Gasteiger partial charge in [0.1, 0.15) is 0 Å². The van der Waals surface area contributed by atoms with Crippen LogP contribution in [0.1, 0.15) is 84.0 Å². The van der Waals surface area contributed by atoms with Crippen molar-refractivity contribution in [2.45, 2.75) is 84.0 Å². The number of hydrogen-bond donors (Lipinski definition) is 3. The van der Waals surface area contributed by atoms with Gasteiger partial charge in [0.15, 0.2) is 0 Å². The average molecular weight is 341 g/mol. The minimum atomic E-state index is -0.274. The van der Waals surface area contributed by atoms with Gasteiger partial charge in [0, 0.05) is 32.4 Å². The van der Waals surface area contributed by atoms with Crippen molar-refractivity contribution >= 4 is 17.7 Å². The fourth-order valence-corrected chi connectivity index (χ4v) is 2.36. The van der Waals surface area contributed by atoms with Crippen molar-refractivity contribution in [3.63, 3.8) is 0 Å². The molecule has 0 bridgehead atoms. The minimum absolute atomic E-state index is 0.0323. The maximum absolute atomic E-state index is 11.6. The Hall–Kier alpha value is -1.59. The molecule has 4 N–H and O–H groups in total. The molecule has 0 rings (SSSR count). The van der Waals surface area contributed by atoms with Crippen molar-refractivity contribution in [3.8, 4) is 0 Å². The van der Waals surface area contributed by atoms with Gasteiger partial charge in [0.25, 0.3) is 0 Å². The first kappa shape index (κ1) is 22.4. The predicted molar refractivity (Wildman–Crippen MR) is 96.3 cm³/mol. The lowest BCUT2D eigenvalue weighted by Crippen LogP contribution is -2.25. The molecule has 6 nitrogen and oxygen atoms in total. The molecule has 24 heavy (non-hydrogen) atoms. The number of rotatable bonds is 16. The van der Waals surface area contributed by atoms with Gasteiger partial charge in [0.2, 0.25) is 17.7 Å². The molecule has 140 valence electrons. The summed E-state index contributed by atoms with van der Waals surface area (Å²) >= 11 is 0. The summed E-state index contributed by atoms with van der Waals surface area (Å²) in [7, 11) is 0. The standard InChI is InChI=1S/C18H35N3O3/c1-2-3-4-9-14-20-17(23)12-7-8-13-18(24)21-15-10-5-6-11-16(19)22/h2-15H2,1H3,(H2,19,22)(H,20,23)(H,21,24). The number of nitrogens with one attached hydrogen (secondary N) is 2. The average Bonchev–Trinajstić information content (AvgIpc) is 2.54. The summed E-state index contributed by atoms with van der Waals surface area (Å²) in [6.07, 6.45) is 10.00. The van der Waals surface area contributed by atoms with Crippen LogP contribution in [0.3, 0.4) is 0 Å². The van der Waals surface area contributed by atoms with Gasteiger partial charge < -0.3 is 16.4 Å². The van der Waals surface area contributed by atoms with Crippen LogP contribution < -0.4 is 16.4 Å². The second kappa shape index (κ2) is 16.3. The summed E-state index contributed by atoms with van der Waals surface area (Å²) in [5.74, 6) is -0.157. The first-order valence-corrected chi connectivity index (χ1v) is 9.38. The number of carbonyl (C=O) groups is 3. The number of amides is 3. The van der Waals surface area contributed by atoms with Crippen molar-refractivity contribution in [3.05, 3.63) is 0 Å². The number of primary amides is 1. The van der Waals surface area contributed by atoms with E-state index < -0.39 is 0 Å². The van der Waals surface area contributed by atoms with Crippen LogP contribution in [-0.4, -0.2) is 30.8 Å². The van der Waals surface area contributed by atoms with Gasteiger partial charge in [-0.2, -0.15) is 0 Å². The van der Waals surface area contributed by atoms with Crippen molar-refractivity contribution in [2.75, 3.05) is 13.1 Å². The van der Waals surface area contributed by atoms with E-state index in [-0.39, 0.29) is 17.7 Å². The number of unbranched alkanes of at least 4 members (excludes halogenated alkanes) is 6. The predicted octanol–water partition coefficient (Wildman–Crippen LogP) is 2.41. The lowest BCUT2D eigenvalue weighted by Gasteiger charge is -2.06. The number of hydrogen-bond acceptors (Lipinski definition) is 3. The molecule has 0 saturated carbocycles. The maximum atomic E-state index is 11.6. The van der Waals surface area contributed by atoms with Gasteiger partial charge in [-0.3, -0.25) is 14.4 Å². The molecule has 0 spiro atoms. The van der Waals surface area contributed by atoms with Crippen LogP contribution in [0.25, 0.3) is 0 Å². The zero-order valence-electron chi connectivity index (χ0n) is 15.2. The van der Waals surface area contributed by atoms with E-state index in [1.807, 2.05) is 0 Å². The maximum Gasteiger partial charge on any atom is 0.219 e. The molecule has 0 atom stereocenters. The molecule has 0 aromatic rings. The highest BCUT2D eigenvalue weighted by Crippen LogP contribution is 2.02. The largest absolute Gasteiger partial charge is 0.370 e. The van der Waals surface area contributed by atoms with E-state index in [2.05, 4.69) is 17.6 Å². The van der Waals surface area contributed by atoms with Gasteiger partial charge in [-0.1, -0.05) is 32.6 Å². The van der Waals surface area contributed by atoms with Gasteiger partial charge in [-0.25, -0.2) is 0 Å². The number of carbonyl (C=O) groups excluding carboxylic acids is 3. The van der Waals surface area contributed by atoms with E-state index in [1.54, 1.807) is 0 Å². The molecule has 0 aliphatic carbocycles. The molecule has 0 aliphatic heterocycles. The highest BCUT2D eigenvalue weighted by Gasteiger charge is 2.04. The summed E-state index contributed by atoms with van der Waals surface area (Å²) in [6, 6.07) is 0. The van der Waals surface area contributed by atoms with Crippen LogP contribution >= 0.6 is 0 Å². The number of nitrogens with two attached hydrogens (primary N) is 1. The highest BCUT2D eigenvalue weighted by molar-refractivity contribution is 5.77. The Morgan fingerprint density at radius 1 is 0.667 bits per heavy atom. The Labute approximate surface area is 146 Å². The third-order valence-corrected chi connectivity index (χ3v) is 3.83. The van der Waals surface area contributed by atoms with E-state index in [9.17, 15) is 14.4 Å². The zero-order chi connectivity index (χ0) is 18.0. The molecule has 0 aromatic heterocycles. The van der Waals surface area contributed by atoms with E-state index in [4.69, 9.17) is 5.73 Å². The molecule has 0 fully saturated rings. The Balaban J connectivity index is 3.35. The highest BCUT2D eigenvalue weighted by atomic mass is 16.2. The molecule has 0 saturated heterocycles. The Morgan fingerprint density at radius 3 is 1.58 bits per heavy atom. The molecule has 0 aliphatic rings. The van der Waals surface area contributed by atoms with Crippen molar-refractivity contribution in [2.24, 2.45) is 5.73 Å². The molecule has 0 radical (unpaired) electrons. The third-order valence-electron chi connectivity index (χ3n) is 3.83. The third kappa shape index (κ3) is 16.8. The quantitative estimate of drug-likeness (QED) is 0.376. The van der Waals surface area contributed by atoms with Crippen LogP contribution in [0.5, 0.6) is 0 Å². The van der Waals surface area contributed by atoms with Crippen LogP contribution in [-0.2, 0) is 14.4 Å². The van der Waals surface area contributed by atoms with Crippen molar-refractivity contribution in [1.29, 1.82) is 0 Å². The van der Waals surface area contributed by atoms with Gasteiger partial charge in [0.05, 0.1) is 0 Å². The monoisotopic (exact) mass is 341 g/mol. The van der Waals surface area contributed by atoms with Crippen molar-refractivity contribution in [1.82, 2.24) is 10.6 Å². The SMILES string of the molecule is CCCCCCNC(=O)CCCCC(=O)NCCCCCC(N)=O. The first-order chi connectivity index (χ1) is 11.6. The Morgan fingerprint density at radius 2 is 1.12 bits per heavy atom. The lowest BCUT2D eigenvalue weighted by atomic mass is 10.1. The Kier molecular flexibility index (Phi) is 15.2. The van der Waals surface area contributed by atoms with E-state index in [0.717, 1.165) is 45.1 Å². The minimum Gasteiger partial charge on any atom is -0.370 e. The van der Waals surface area contributed by atoms with Gasteiger partial charge >= 0.3 is 0 Å². The molecule has 0 aromatic carbocycles. The second-order valence-electron chi connectivity index (χ2n) is 6.24. The molecule has 3 amide bonds. The van der Waals surface area contributed by atoms with E-state index >= 15 is 0 Å². The molecule has 6 heteroatoms. The van der Waals surface area contributed by atoms with E-state index in [1.165, 1.54) is 19.3 Å². The summed E-state index contributed by atoms with van der Waals surface area (Å²) < 4.78 is 0. The van der Waals surface area contributed by atoms with Gasteiger partial charge in [-0.15, -0.1) is 0 Å². The summed E-state index contributed by atoms with van der Waals surface area (Å²) in [5, 5.41) is 5.78. The van der Waals surface area contributed by atoms with Crippen LogP contribution in [0.2, 0.25) is 0 Å². The van der Waals surface area contributed by atoms with Crippen LogP contribution in [0.4, 0.5) is 0 Å². The normalized spacial score (nSPS) is 10.4. The Bertz CT molecular complexity index is 359. The smallest absolute Gasteiger partial charge is 0.219 e. The molecular weight excluding hydrogens is 306 g/mol. The van der Waals surface area contributed by atoms with Crippen LogP contribution in [0.15, 0.2) is 0 Å². The lowest BCUT2D eigenvalue weighted by molar-refractivity contribution is -0.123.